The van der Waals surface area contributed by atoms with Gasteiger partial charge in [-0.2, -0.15) is 0 Å². The molecule has 0 radical (unpaired) electrons. The maximum atomic E-state index is 11.6. The largest absolute Gasteiger partial charge is 0.383 e. The second-order valence-electron chi connectivity index (χ2n) is 7.69. The summed E-state index contributed by atoms with van der Waals surface area (Å²) in [5.74, 6) is 0.823. The van der Waals surface area contributed by atoms with E-state index in [1.807, 2.05) is 18.2 Å². The first kappa shape index (κ1) is 14.8. The molecular weight excluding hydrogens is 284 g/mol. The van der Waals surface area contributed by atoms with Gasteiger partial charge in [0.2, 0.25) is 0 Å². The van der Waals surface area contributed by atoms with E-state index in [0.717, 1.165) is 36.3 Å². The van der Waals surface area contributed by atoms with Crippen LogP contribution in [0.1, 0.15) is 57.2 Å². The molecule has 0 amide bonds. The Labute approximate surface area is 137 Å². The molecule has 1 fully saturated rings. The van der Waals surface area contributed by atoms with Crippen LogP contribution in [0, 0.1) is 11.3 Å². The lowest BCUT2D eigenvalue weighted by atomic mass is 9.43. The number of aromatic nitrogens is 2. The molecule has 0 aromatic carbocycles. The van der Waals surface area contributed by atoms with Crippen LogP contribution < -0.4 is 0 Å². The van der Waals surface area contributed by atoms with Gasteiger partial charge in [-0.15, -0.1) is 0 Å². The van der Waals surface area contributed by atoms with Gasteiger partial charge in [0.25, 0.3) is 0 Å². The highest BCUT2D eigenvalue weighted by molar-refractivity contribution is 5.56. The van der Waals surface area contributed by atoms with E-state index in [9.17, 15) is 5.11 Å². The van der Waals surface area contributed by atoms with Crippen LogP contribution in [0.15, 0.2) is 36.5 Å². The predicted molar refractivity (Wildman–Crippen MR) is 90.9 cm³/mol. The summed E-state index contributed by atoms with van der Waals surface area (Å²) in [4.78, 5) is 9.30. The molecule has 1 saturated carbocycles. The second-order valence-corrected chi connectivity index (χ2v) is 7.69. The Morgan fingerprint density at radius 1 is 1.17 bits per heavy atom. The Morgan fingerprint density at radius 2 is 2.00 bits per heavy atom. The molecule has 23 heavy (non-hydrogen) atoms. The maximum absolute atomic E-state index is 11.6. The molecule has 2 bridgehead atoms. The summed E-state index contributed by atoms with van der Waals surface area (Å²) >= 11 is 0. The Morgan fingerprint density at radius 3 is 2.65 bits per heavy atom. The number of aliphatic hydroxyl groups is 1. The third-order valence-electron chi connectivity index (χ3n) is 6.11. The molecule has 0 aliphatic heterocycles. The van der Waals surface area contributed by atoms with Gasteiger partial charge >= 0.3 is 0 Å². The van der Waals surface area contributed by atoms with Crippen molar-refractivity contribution >= 4 is 0 Å². The lowest BCUT2D eigenvalue weighted by Crippen LogP contribution is -2.59. The Balaban J connectivity index is 1.87. The van der Waals surface area contributed by atoms with Crippen molar-refractivity contribution in [2.75, 3.05) is 0 Å². The molecule has 2 heterocycles. The van der Waals surface area contributed by atoms with E-state index < -0.39 is 5.60 Å². The standard InChI is InChI=1S/C20H24N2O/c1-4-10-20(23)17-12-14(19(17,2)3)13-8-9-16(22-18(13)20)15-7-5-6-11-21-15/h5-9,11,14,17,23H,4,10,12H2,1-3H3/t14-,17-,20+/m1/s1. The van der Waals surface area contributed by atoms with Gasteiger partial charge in [0.15, 0.2) is 0 Å². The molecule has 3 aliphatic rings. The van der Waals surface area contributed by atoms with Crippen molar-refractivity contribution in [2.24, 2.45) is 11.3 Å². The molecule has 120 valence electrons. The first-order valence-electron chi connectivity index (χ1n) is 8.63. The van der Waals surface area contributed by atoms with Crippen molar-refractivity contribution in [1.29, 1.82) is 0 Å². The Kier molecular flexibility index (Phi) is 3.14. The minimum absolute atomic E-state index is 0.158. The van der Waals surface area contributed by atoms with Gasteiger partial charge < -0.3 is 5.11 Å². The summed E-state index contributed by atoms with van der Waals surface area (Å²) in [5.41, 5.74) is 3.24. The quantitative estimate of drug-likeness (QED) is 0.921. The molecule has 2 aromatic rings. The van der Waals surface area contributed by atoms with Crippen LogP contribution in [0.2, 0.25) is 0 Å². The van der Waals surface area contributed by atoms with E-state index >= 15 is 0 Å². The normalized spacial score (nSPS) is 30.4. The zero-order valence-corrected chi connectivity index (χ0v) is 14.1. The van der Waals surface area contributed by atoms with Gasteiger partial charge in [-0.05, 0) is 53.9 Å². The fourth-order valence-corrected chi connectivity index (χ4v) is 4.86. The molecule has 0 unspecified atom stereocenters. The van der Waals surface area contributed by atoms with Gasteiger partial charge in [-0.25, -0.2) is 4.98 Å². The molecular formula is C20H24N2O. The zero-order chi connectivity index (χ0) is 16.2. The van der Waals surface area contributed by atoms with Crippen molar-refractivity contribution in [3.8, 4) is 11.4 Å². The van der Waals surface area contributed by atoms with E-state index in [1.165, 1.54) is 5.56 Å². The van der Waals surface area contributed by atoms with Gasteiger partial charge in [0, 0.05) is 6.20 Å². The van der Waals surface area contributed by atoms with Crippen LogP contribution in [0.25, 0.3) is 11.4 Å². The number of pyridine rings is 2. The van der Waals surface area contributed by atoms with Crippen LogP contribution in [0.3, 0.4) is 0 Å². The predicted octanol–water partition coefficient (Wildman–Crippen LogP) is 4.27. The molecule has 5 rings (SSSR count). The minimum atomic E-state index is -0.798. The van der Waals surface area contributed by atoms with Gasteiger partial charge in [0.05, 0.1) is 17.1 Å². The Hall–Kier alpha value is -1.74. The summed E-state index contributed by atoms with van der Waals surface area (Å²) < 4.78 is 0. The molecule has 3 atom stereocenters. The highest BCUT2D eigenvalue weighted by Gasteiger charge is 2.63. The zero-order valence-electron chi connectivity index (χ0n) is 14.1. The number of hydrogen-bond donors (Lipinski definition) is 1. The van der Waals surface area contributed by atoms with Crippen LogP contribution >= 0.6 is 0 Å². The number of hydrogen-bond acceptors (Lipinski definition) is 3. The summed E-state index contributed by atoms with van der Waals surface area (Å²) in [7, 11) is 0. The van der Waals surface area contributed by atoms with E-state index in [2.05, 4.69) is 37.9 Å². The lowest BCUT2D eigenvalue weighted by Gasteiger charge is -2.63. The van der Waals surface area contributed by atoms with E-state index in [0.29, 0.717) is 11.8 Å². The monoisotopic (exact) mass is 308 g/mol. The molecule has 3 aliphatic carbocycles. The average molecular weight is 308 g/mol. The van der Waals surface area contributed by atoms with Gasteiger partial charge in [-0.3, -0.25) is 4.98 Å². The maximum Gasteiger partial charge on any atom is 0.110 e. The molecule has 0 saturated heterocycles. The second kappa shape index (κ2) is 4.88. The summed E-state index contributed by atoms with van der Waals surface area (Å²) in [6.07, 6.45) is 4.61. The number of nitrogens with zero attached hydrogens (tertiary/aromatic N) is 2. The van der Waals surface area contributed by atoms with Crippen LogP contribution in [-0.2, 0) is 5.60 Å². The minimum Gasteiger partial charge on any atom is -0.383 e. The first-order chi connectivity index (χ1) is 11.0. The smallest absolute Gasteiger partial charge is 0.110 e. The van der Waals surface area contributed by atoms with Crippen LogP contribution in [0.4, 0.5) is 0 Å². The van der Waals surface area contributed by atoms with Crippen molar-refractivity contribution in [3.63, 3.8) is 0 Å². The Bertz CT molecular complexity index is 741. The molecule has 3 nitrogen and oxygen atoms in total. The fourth-order valence-electron chi connectivity index (χ4n) is 4.86. The highest BCUT2D eigenvalue weighted by atomic mass is 16.3. The van der Waals surface area contributed by atoms with Crippen LogP contribution in [-0.4, -0.2) is 15.1 Å². The third-order valence-corrected chi connectivity index (χ3v) is 6.11. The van der Waals surface area contributed by atoms with Crippen molar-refractivity contribution in [2.45, 2.75) is 51.6 Å². The van der Waals surface area contributed by atoms with Crippen molar-refractivity contribution in [3.05, 3.63) is 47.8 Å². The van der Waals surface area contributed by atoms with Crippen molar-refractivity contribution < 1.29 is 5.11 Å². The lowest BCUT2D eigenvalue weighted by molar-refractivity contribution is -0.164. The van der Waals surface area contributed by atoms with E-state index in [-0.39, 0.29) is 5.41 Å². The van der Waals surface area contributed by atoms with Crippen molar-refractivity contribution in [1.82, 2.24) is 9.97 Å². The average Bonchev–Trinajstić information content (AvgIpc) is 2.55. The SMILES string of the molecule is CCC[C@@]1(O)c2nc(-c3ccccn3)ccc2[C@H]2C[C@@H]1C2(C)C. The fraction of sp³-hybridized carbons (Fsp3) is 0.500. The molecule has 1 N–H and O–H groups in total. The molecule has 3 heteroatoms. The van der Waals surface area contributed by atoms with E-state index in [1.54, 1.807) is 6.20 Å². The highest BCUT2D eigenvalue weighted by Crippen LogP contribution is 2.68. The van der Waals surface area contributed by atoms with Crippen LogP contribution in [0.5, 0.6) is 0 Å². The van der Waals surface area contributed by atoms with Gasteiger partial charge in [-0.1, -0.05) is 39.3 Å². The summed E-state index contributed by atoms with van der Waals surface area (Å²) in [6.45, 7) is 6.72. The topological polar surface area (TPSA) is 46.0 Å². The van der Waals surface area contributed by atoms with E-state index in [4.69, 9.17) is 4.98 Å². The number of rotatable bonds is 3. The first-order valence-corrected chi connectivity index (χ1v) is 8.63. The third kappa shape index (κ3) is 1.92. The summed E-state index contributed by atoms with van der Waals surface area (Å²) in [6, 6.07) is 10.1. The summed E-state index contributed by atoms with van der Waals surface area (Å²) in [5, 5.41) is 11.6. The molecule has 2 aromatic heterocycles. The van der Waals surface area contributed by atoms with Gasteiger partial charge in [0.1, 0.15) is 5.60 Å². The molecule has 0 spiro atoms.